The van der Waals surface area contributed by atoms with Gasteiger partial charge >= 0.3 is 0 Å². The number of sulfonamides is 1. The number of fused-ring (bicyclic) bond motifs is 1. The molecule has 7 nitrogen and oxygen atoms in total. The predicted octanol–water partition coefficient (Wildman–Crippen LogP) is 0.861. The Labute approximate surface area is 150 Å². The normalized spacial score (nSPS) is 15.2. The van der Waals surface area contributed by atoms with E-state index in [-0.39, 0.29) is 12.5 Å². The molecule has 0 fully saturated rings. The number of aromatic nitrogens is 1. The number of pyridine rings is 1. The number of nitrogens with one attached hydrogen (secondary N) is 1. The number of hydrogen-bond donors (Lipinski definition) is 1. The molecule has 1 aliphatic heterocycles. The Morgan fingerprint density at radius 3 is 2.68 bits per heavy atom. The van der Waals surface area contributed by atoms with Gasteiger partial charge in [-0.1, -0.05) is 13.8 Å². The maximum atomic E-state index is 12.5. The summed E-state index contributed by atoms with van der Waals surface area (Å²) >= 11 is 0. The van der Waals surface area contributed by atoms with Crippen molar-refractivity contribution in [1.29, 1.82) is 0 Å². The van der Waals surface area contributed by atoms with Gasteiger partial charge < -0.3 is 10.2 Å². The van der Waals surface area contributed by atoms with Crippen LogP contribution in [0, 0.1) is 0 Å². The fraction of sp³-hybridized carbons (Fsp3) is 0.647. The minimum absolute atomic E-state index is 0.128. The molecule has 0 spiro atoms. The minimum Gasteiger partial charge on any atom is -0.352 e. The first-order chi connectivity index (χ1) is 11.9. The molecule has 140 valence electrons. The molecule has 0 saturated heterocycles. The van der Waals surface area contributed by atoms with Crippen LogP contribution in [0.1, 0.15) is 41.8 Å². The number of carbonyl (C=O) groups is 1. The molecule has 0 aromatic carbocycles. The van der Waals surface area contributed by atoms with Crippen LogP contribution in [0.4, 0.5) is 0 Å². The van der Waals surface area contributed by atoms with Crippen LogP contribution in [0.2, 0.25) is 0 Å². The van der Waals surface area contributed by atoms with Gasteiger partial charge in [-0.3, -0.25) is 9.78 Å². The van der Waals surface area contributed by atoms with Gasteiger partial charge in [-0.2, -0.15) is 4.31 Å². The zero-order chi connectivity index (χ0) is 18.4. The third kappa shape index (κ3) is 5.23. The van der Waals surface area contributed by atoms with Crippen molar-refractivity contribution in [1.82, 2.24) is 19.5 Å². The van der Waals surface area contributed by atoms with Crippen LogP contribution in [0.3, 0.4) is 0 Å². The van der Waals surface area contributed by atoms with Gasteiger partial charge in [0, 0.05) is 32.0 Å². The number of carbonyl (C=O) groups excluding carboxylic acids is 1. The number of nitrogens with zero attached hydrogens (tertiary/aromatic N) is 3. The van der Waals surface area contributed by atoms with Crippen LogP contribution in [-0.2, 0) is 23.0 Å². The average molecular weight is 369 g/mol. The van der Waals surface area contributed by atoms with Crippen molar-refractivity contribution in [2.45, 2.75) is 33.2 Å². The summed E-state index contributed by atoms with van der Waals surface area (Å²) in [6.07, 6.45) is 5.88. The average Bonchev–Trinajstić information content (AvgIpc) is 2.60. The summed E-state index contributed by atoms with van der Waals surface area (Å²) in [5.41, 5.74) is 2.29. The summed E-state index contributed by atoms with van der Waals surface area (Å²) in [4.78, 5) is 18.9. The van der Waals surface area contributed by atoms with Gasteiger partial charge in [-0.25, -0.2) is 8.42 Å². The lowest BCUT2D eigenvalue weighted by atomic mass is 9.98. The largest absolute Gasteiger partial charge is 0.352 e. The summed E-state index contributed by atoms with van der Waals surface area (Å²) in [5, 5.41) is 2.96. The van der Waals surface area contributed by atoms with E-state index in [4.69, 9.17) is 0 Å². The van der Waals surface area contributed by atoms with E-state index in [1.54, 1.807) is 12.4 Å². The van der Waals surface area contributed by atoms with E-state index < -0.39 is 10.0 Å². The highest BCUT2D eigenvalue weighted by molar-refractivity contribution is 7.88. The van der Waals surface area contributed by atoms with Crippen LogP contribution in [0.5, 0.6) is 0 Å². The molecule has 1 amide bonds. The molecule has 0 radical (unpaired) electrons. The molecule has 0 saturated carbocycles. The van der Waals surface area contributed by atoms with Crippen molar-refractivity contribution in [3.63, 3.8) is 0 Å². The number of rotatable bonds is 8. The van der Waals surface area contributed by atoms with E-state index in [0.29, 0.717) is 25.1 Å². The Bertz CT molecular complexity index is 702. The second kappa shape index (κ2) is 8.73. The summed E-state index contributed by atoms with van der Waals surface area (Å²) in [6, 6.07) is 0. The molecule has 0 aliphatic carbocycles. The van der Waals surface area contributed by atoms with E-state index >= 15 is 0 Å². The lowest BCUT2D eigenvalue weighted by Crippen LogP contribution is -2.37. The van der Waals surface area contributed by atoms with Crippen molar-refractivity contribution in [2.75, 3.05) is 39.0 Å². The lowest BCUT2D eigenvalue weighted by molar-refractivity contribution is 0.0950. The van der Waals surface area contributed by atoms with Gasteiger partial charge in [0.1, 0.15) is 0 Å². The maximum Gasteiger partial charge on any atom is 0.253 e. The summed E-state index contributed by atoms with van der Waals surface area (Å²) < 4.78 is 24.9. The van der Waals surface area contributed by atoms with E-state index in [2.05, 4.69) is 29.0 Å². The monoisotopic (exact) mass is 368 g/mol. The molecule has 1 N–H and O–H groups in total. The third-order valence-electron chi connectivity index (χ3n) is 4.65. The van der Waals surface area contributed by atoms with Gasteiger partial charge in [0.2, 0.25) is 10.0 Å². The molecule has 2 heterocycles. The molecule has 2 rings (SSSR count). The predicted molar refractivity (Wildman–Crippen MR) is 97.9 cm³/mol. The molecular weight excluding hydrogens is 340 g/mol. The zero-order valence-corrected chi connectivity index (χ0v) is 16.1. The first kappa shape index (κ1) is 19.8. The quantitative estimate of drug-likeness (QED) is 0.688. The first-order valence-electron chi connectivity index (χ1n) is 8.78. The van der Waals surface area contributed by atoms with Crippen LogP contribution in [0.15, 0.2) is 12.4 Å². The van der Waals surface area contributed by atoms with Gasteiger partial charge in [-0.15, -0.1) is 0 Å². The Kier molecular flexibility index (Phi) is 6.92. The SMILES string of the molecule is CCN(CC)CCCNC(=O)c1cncc2c1CCN(S(C)(=O)=O)C2. The zero-order valence-electron chi connectivity index (χ0n) is 15.3. The molecule has 1 aromatic rings. The summed E-state index contributed by atoms with van der Waals surface area (Å²) in [7, 11) is -3.23. The van der Waals surface area contributed by atoms with Crippen LogP contribution in [0.25, 0.3) is 0 Å². The van der Waals surface area contributed by atoms with Crippen molar-refractivity contribution >= 4 is 15.9 Å². The molecule has 1 aliphatic rings. The Morgan fingerprint density at radius 2 is 2.04 bits per heavy atom. The van der Waals surface area contributed by atoms with Gasteiger partial charge in [0.25, 0.3) is 5.91 Å². The van der Waals surface area contributed by atoms with Crippen LogP contribution < -0.4 is 5.32 Å². The van der Waals surface area contributed by atoms with E-state index in [0.717, 1.165) is 37.2 Å². The highest BCUT2D eigenvalue weighted by atomic mass is 32.2. The van der Waals surface area contributed by atoms with Gasteiger partial charge in [-0.05, 0) is 43.6 Å². The second-order valence-electron chi connectivity index (χ2n) is 6.31. The molecule has 0 atom stereocenters. The number of hydrogen-bond acceptors (Lipinski definition) is 5. The Balaban J connectivity index is 1.98. The summed E-state index contributed by atoms with van der Waals surface area (Å²) in [6.45, 7) is 8.54. The molecule has 25 heavy (non-hydrogen) atoms. The van der Waals surface area contributed by atoms with Crippen LogP contribution in [-0.4, -0.2) is 67.5 Å². The molecular formula is C17H28N4O3S. The number of amides is 1. The highest BCUT2D eigenvalue weighted by Gasteiger charge is 2.26. The maximum absolute atomic E-state index is 12.5. The van der Waals surface area contributed by atoms with Crippen LogP contribution >= 0.6 is 0 Å². The van der Waals surface area contributed by atoms with E-state index in [1.165, 1.54) is 10.6 Å². The standard InChI is InChI=1S/C17H28N4O3S/c1-4-20(5-2)9-6-8-19-17(22)16-12-18-11-14-13-21(25(3,23)24)10-7-15(14)16/h11-12H,4-10,13H2,1-3H3,(H,19,22). The topological polar surface area (TPSA) is 82.6 Å². The lowest BCUT2D eigenvalue weighted by Gasteiger charge is -2.27. The summed E-state index contributed by atoms with van der Waals surface area (Å²) in [5.74, 6) is -0.128. The fourth-order valence-electron chi connectivity index (χ4n) is 3.09. The molecule has 0 unspecified atom stereocenters. The highest BCUT2D eigenvalue weighted by Crippen LogP contribution is 2.23. The fourth-order valence-corrected chi connectivity index (χ4v) is 3.88. The second-order valence-corrected chi connectivity index (χ2v) is 8.29. The van der Waals surface area contributed by atoms with Crippen molar-refractivity contribution in [3.8, 4) is 0 Å². The minimum atomic E-state index is -3.23. The van der Waals surface area contributed by atoms with E-state index in [1.807, 2.05) is 0 Å². The Morgan fingerprint density at radius 1 is 1.32 bits per heavy atom. The van der Waals surface area contributed by atoms with Gasteiger partial charge in [0.15, 0.2) is 0 Å². The van der Waals surface area contributed by atoms with Crippen molar-refractivity contribution in [2.24, 2.45) is 0 Å². The van der Waals surface area contributed by atoms with Gasteiger partial charge in [0.05, 0.1) is 11.8 Å². The Hall–Kier alpha value is -1.51. The first-order valence-corrected chi connectivity index (χ1v) is 10.6. The smallest absolute Gasteiger partial charge is 0.253 e. The molecule has 0 bridgehead atoms. The molecule has 8 heteroatoms. The molecule has 1 aromatic heterocycles. The third-order valence-corrected chi connectivity index (χ3v) is 5.90. The van der Waals surface area contributed by atoms with E-state index in [9.17, 15) is 13.2 Å². The van der Waals surface area contributed by atoms with Crippen molar-refractivity contribution in [3.05, 3.63) is 29.1 Å². The van der Waals surface area contributed by atoms with Crippen molar-refractivity contribution < 1.29 is 13.2 Å².